The smallest absolute Gasteiger partial charge is 0.236 e. The molecule has 1 saturated carbocycles. The van der Waals surface area contributed by atoms with Crippen LogP contribution in [0.1, 0.15) is 43.2 Å². The van der Waals surface area contributed by atoms with Gasteiger partial charge in [-0.3, -0.25) is 0 Å². The van der Waals surface area contributed by atoms with Crippen molar-refractivity contribution in [2.24, 2.45) is 5.92 Å². The van der Waals surface area contributed by atoms with E-state index in [-0.39, 0.29) is 6.10 Å². The minimum Gasteiger partial charge on any atom is -0.423 e. The Labute approximate surface area is 105 Å². The van der Waals surface area contributed by atoms with E-state index in [4.69, 9.17) is 4.42 Å². The number of aliphatic hydroxyl groups is 1. The molecule has 1 aliphatic rings. The lowest BCUT2D eigenvalue weighted by Gasteiger charge is -2.05. The average molecular weight is 247 g/mol. The molecule has 5 nitrogen and oxygen atoms in total. The molecule has 1 aliphatic carbocycles. The van der Waals surface area contributed by atoms with Crippen LogP contribution in [0.15, 0.2) is 22.9 Å². The van der Waals surface area contributed by atoms with Crippen LogP contribution in [0.2, 0.25) is 0 Å². The predicted octanol–water partition coefficient (Wildman–Crippen LogP) is 1.93. The third kappa shape index (κ3) is 2.31. The van der Waals surface area contributed by atoms with Crippen molar-refractivity contribution in [3.8, 4) is 0 Å². The molecule has 1 unspecified atom stereocenters. The summed E-state index contributed by atoms with van der Waals surface area (Å²) in [5.74, 6) is 1.72. The lowest BCUT2D eigenvalue weighted by molar-refractivity contribution is 0.154. The zero-order chi connectivity index (χ0) is 12.5. The summed E-state index contributed by atoms with van der Waals surface area (Å²) >= 11 is 0. The summed E-state index contributed by atoms with van der Waals surface area (Å²) in [4.78, 5) is 0. The zero-order valence-electron chi connectivity index (χ0n) is 10.4. The Morgan fingerprint density at radius 3 is 2.89 bits per heavy atom. The number of rotatable bonds is 5. The molecule has 1 atom stereocenters. The summed E-state index contributed by atoms with van der Waals surface area (Å²) in [5.41, 5.74) is 0.979. The second-order valence-corrected chi connectivity index (χ2v) is 4.84. The summed E-state index contributed by atoms with van der Waals surface area (Å²) in [6.45, 7) is 2.54. The Hall–Kier alpha value is -1.62. The minimum atomic E-state index is -0.319. The van der Waals surface area contributed by atoms with Crippen LogP contribution < -0.4 is 0 Å². The van der Waals surface area contributed by atoms with Crippen LogP contribution in [0.4, 0.5) is 0 Å². The summed E-state index contributed by atoms with van der Waals surface area (Å²) < 4.78 is 7.43. The lowest BCUT2D eigenvalue weighted by atomic mass is 10.1. The van der Waals surface area contributed by atoms with Crippen molar-refractivity contribution in [3.63, 3.8) is 0 Å². The van der Waals surface area contributed by atoms with E-state index in [2.05, 4.69) is 10.2 Å². The number of aryl methyl sites for hydroxylation is 1. The molecular formula is C13H17N3O2. The van der Waals surface area contributed by atoms with E-state index in [1.165, 1.54) is 0 Å². The molecule has 2 aromatic rings. The van der Waals surface area contributed by atoms with Crippen molar-refractivity contribution >= 4 is 0 Å². The van der Waals surface area contributed by atoms with Gasteiger partial charge in [-0.25, -0.2) is 0 Å². The van der Waals surface area contributed by atoms with Crippen LogP contribution in [0.5, 0.6) is 0 Å². The van der Waals surface area contributed by atoms with Crippen LogP contribution >= 0.6 is 0 Å². The van der Waals surface area contributed by atoms with Gasteiger partial charge in [0.15, 0.2) is 0 Å². The predicted molar refractivity (Wildman–Crippen MR) is 64.9 cm³/mol. The summed E-state index contributed by atoms with van der Waals surface area (Å²) in [5, 5.41) is 17.9. The van der Waals surface area contributed by atoms with Crippen LogP contribution in [0.3, 0.4) is 0 Å². The molecule has 5 heteroatoms. The highest BCUT2D eigenvalue weighted by Gasteiger charge is 2.31. The fourth-order valence-corrected chi connectivity index (χ4v) is 2.07. The normalized spacial score (nSPS) is 17.0. The van der Waals surface area contributed by atoms with E-state index >= 15 is 0 Å². The van der Waals surface area contributed by atoms with Crippen molar-refractivity contribution in [2.75, 3.05) is 0 Å². The molecule has 0 aliphatic heterocycles. The maximum atomic E-state index is 10.0. The quantitative estimate of drug-likeness (QED) is 0.876. The fraction of sp³-hybridized carbons (Fsp3) is 0.538. The van der Waals surface area contributed by atoms with Gasteiger partial charge in [-0.15, -0.1) is 10.2 Å². The second-order valence-electron chi connectivity index (χ2n) is 4.84. The van der Waals surface area contributed by atoms with Gasteiger partial charge in [-0.05, 0) is 30.4 Å². The SMILES string of the molecule is CCc1nnc(Cn2ccc(C(O)C3CC3)c2)o1. The van der Waals surface area contributed by atoms with Gasteiger partial charge in [0.25, 0.3) is 0 Å². The minimum absolute atomic E-state index is 0.319. The summed E-state index contributed by atoms with van der Waals surface area (Å²) in [6.07, 6.45) is 6.60. The molecule has 18 heavy (non-hydrogen) atoms. The van der Waals surface area contributed by atoms with Gasteiger partial charge in [0, 0.05) is 18.8 Å². The topological polar surface area (TPSA) is 64.1 Å². The van der Waals surface area contributed by atoms with Crippen molar-refractivity contribution in [1.29, 1.82) is 0 Å². The van der Waals surface area contributed by atoms with Gasteiger partial charge in [-0.1, -0.05) is 6.92 Å². The van der Waals surface area contributed by atoms with E-state index < -0.39 is 0 Å². The largest absolute Gasteiger partial charge is 0.423 e. The first-order valence-corrected chi connectivity index (χ1v) is 6.41. The molecule has 0 saturated heterocycles. The zero-order valence-corrected chi connectivity index (χ0v) is 10.4. The molecular weight excluding hydrogens is 230 g/mol. The monoisotopic (exact) mass is 247 g/mol. The van der Waals surface area contributed by atoms with E-state index in [9.17, 15) is 5.11 Å². The van der Waals surface area contributed by atoms with E-state index in [0.29, 0.717) is 24.2 Å². The van der Waals surface area contributed by atoms with Crippen LogP contribution in [0.25, 0.3) is 0 Å². The maximum absolute atomic E-state index is 10.0. The first kappa shape index (κ1) is 11.5. The maximum Gasteiger partial charge on any atom is 0.236 e. The van der Waals surface area contributed by atoms with Gasteiger partial charge >= 0.3 is 0 Å². The highest BCUT2D eigenvalue weighted by molar-refractivity contribution is 5.16. The third-order valence-corrected chi connectivity index (χ3v) is 3.31. The van der Waals surface area contributed by atoms with Crippen molar-refractivity contribution in [1.82, 2.24) is 14.8 Å². The highest BCUT2D eigenvalue weighted by Crippen LogP contribution is 2.40. The Balaban J connectivity index is 1.69. The lowest BCUT2D eigenvalue weighted by Crippen LogP contribution is -1.99. The standard InChI is InChI=1S/C13H17N3O2/c1-2-11-14-15-12(18-11)8-16-6-5-10(7-16)13(17)9-3-4-9/h5-7,9,13,17H,2-4,8H2,1H3. The molecule has 0 bridgehead atoms. The molecule has 1 N–H and O–H groups in total. The molecule has 0 spiro atoms. The van der Waals surface area contributed by atoms with Crippen LogP contribution in [-0.4, -0.2) is 19.9 Å². The van der Waals surface area contributed by atoms with E-state index in [1.807, 2.05) is 30.0 Å². The van der Waals surface area contributed by atoms with Gasteiger partial charge < -0.3 is 14.1 Å². The van der Waals surface area contributed by atoms with Gasteiger partial charge in [0.05, 0.1) is 6.10 Å². The molecule has 3 rings (SSSR count). The second kappa shape index (κ2) is 4.57. The van der Waals surface area contributed by atoms with E-state index in [0.717, 1.165) is 24.8 Å². The Morgan fingerprint density at radius 2 is 2.22 bits per heavy atom. The third-order valence-electron chi connectivity index (χ3n) is 3.31. The molecule has 96 valence electrons. The number of aromatic nitrogens is 3. The number of hydrogen-bond acceptors (Lipinski definition) is 4. The first-order valence-electron chi connectivity index (χ1n) is 6.41. The Kier molecular flexibility index (Phi) is 2.91. The Bertz CT molecular complexity index is 528. The van der Waals surface area contributed by atoms with Crippen LogP contribution in [0, 0.1) is 5.92 Å². The van der Waals surface area contributed by atoms with Crippen molar-refractivity contribution in [2.45, 2.75) is 38.8 Å². The molecule has 0 radical (unpaired) electrons. The molecule has 2 aromatic heterocycles. The molecule has 0 amide bonds. The number of aliphatic hydroxyl groups excluding tert-OH is 1. The Morgan fingerprint density at radius 1 is 1.44 bits per heavy atom. The number of hydrogen-bond donors (Lipinski definition) is 1. The van der Waals surface area contributed by atoms with E-state index in [1.54, 1.807) is 0 Å². The van der Waals surface area contributed by atoms with Gasteiger partial charge in [0.1, 0.15) is 6.54 Å². The van der Waals surface area contributed by atoms with Gasteiger partial charge in [0.2, 0.25) is 11.8 Å². The first-order chi connectivity index (χ1) is 8.76. The van der Waals surface area contributed by atoms with Crippen LogP contribution in [-0.2, 0) is 13.0 Å². The average Bonchev–Trinajstić information content (AvgIpc) is 2.96. The fourth-order valence-electron chi connectivity index (χ4n) is 2.07. The molecule has 1 fully saturated rings. The van der Waals surface area contributed by atoms with Crippen molar-refractivity contribution < 1.29 is 9.52 Å². The molecule has 2 heterocycles. The number of nitrogens with zero attached hydrogens (tertiary/aromatic N) is 3. The van der Waals surface area contributed by atoms with Crippen molar-refractivity contribution in [3.05, 3.63) is 35.8 Å². The van der Waals surface area contributed by atoms with Gasteiger partial charge in [-0.2, -0.15) is 0 Å². The summed E-state index contributed by atoms with van der Waals surface area (Å²) in [6, 6.07) is 1.96. The summed E-state index contributed by atoms with van der Waals surface area (Å²) in [7, 11) is 0. The highest BCUT2D eigenvalue weighted by atomic mass is 16.4. The molecule has 0 aromatic carbocycles.